The number of hydrogen-bond donors (Lipinski definition) is 3. The van der Waals surface area contributed by atoms with Crippen LogP contribution in [0.15, 0.2) is 17.0 Å². The van der Waals surface area contributed by atoms with Crippen molar-refractivity contribution in [2.75, 3.05) is 11.1 Å². The number of carbonyl (C=O) groups excluding carboxylic acids is 1. The Morgan fingerprint density at radius 2 is 2.29 bits per heavy atom. The number of aromatic hydroxyl groups is 1. The molecule has 0 atom stereocenters. The Hall–Kier alpha value is -1.20. The van der Waals surface area contributed by atoms with Crippen LogP contribution in [0.1, 0.15) is 5.56 Å². The molecular formula is C9H9NO3S. The number of carbonyl (C=O) groups is 1. The number of phenols is 1. The molecule has 1 aromatic carbocycles. The van der Waals surface area contributed by atoms with E-state index in [1.165, 1.54) is 17.8 Å². The monoisotopic (exact) mass is 211 g/mol. The molecule has 0 saturated heterocycles. The Labute approximate surface area is 84.9 Å². The standard InChI is InChI=1S/C9H9NO3S/c11-3-5-1-6(12)2-7-9(5)10-8(13)4-14-7/h1-2,11-12H,3-4H2,(H,10,13). The first kappa shape index (κ1) is 9.36. The maximum Gasteiger partial charge on any atom is 0.234 e. The van der Waals surface area contributed by atoms with E-state index in [1.807, 2.05) is 0 Å². The van der Waals surface area contributed by atoms with E-state index in [-0.39, 0.29) is 18.3 Å². The van der Waals surface area contributed by atoms with Crippen LogP contribution in [0, 0.1) is 0 Å². The summed E-state index contributed by atoms with van der Waals surface area (Å²) in [6.45, 7) is -0.197. The summed E-state index contributed by atoms with van der Waals surface area (Å²) in [4.78, 5) is 11.9. The molecule has 4 nitrogen and oxygen atoms in total. The zero-order valence-corrected chi connectivity index (χ0v) is 8.10. The van der Waals surface area contributed by atoms with Crippen LogP contribution in [0.2, 0.25) is 0 Å². The largest absolute Gasteiger partial charge is 0.508 e. The van der Waals surface area contributed by atoms with E-state index in [0.29, 0.717) is 17.0 Å². The number of benzene rings is 1. The third kappa shape index (κ3) is 1.56. The number of hydrogen-bond acceptors (Lipinski definition) is 4. The molecule has 0 bridgehead atoms. The molecule has 14 heavy (non-hydrogen) atoms. The predicted molar refractivity (Wildman–Crippen MR) is 53.4 cm³/mol. The zero-order chi connectivity index (χ0) is 10.1. The first-order chi connectivity index (χ1) is 6.70. The second-order valence-corrected chi connectivity index (χ2v) is 3.99. The second-order valence-electron chi connectivity index (χ2n) is 2.97. The van der Waals surface area contributed by atoms with Crippen molar-refractivity contribution in [2.24, 2.45) is 0 Å². The van der Waals surface area contributed by atoms with Crippen LogP contribution < -0.4 is 5.32 Å². The van der Waals surface area contributed by atoms with Gasteiger partial charge in [-0.2, -0.15) is 0 Å². The van der Waals surface area contributed by atoms with E-state index >= 15 is 0 Å². The molecule has 74 valence electrons. The van der Waals surface area contributed by atoms with Gasteiger partial charge in [0.25, 0.3) is 0 Å². The molecule has 5 heteroatoms. The SMILES string of the molecule is O=C1CSc2cc(O)cc(CO)c2N1. The van der Waals surface area contributed by atoms with Crippen molar-refractivity contribution in [2.45, 2.75) is 11.5 Å². The molecule has 0 radical (unpaired) electrons. The fraction of sp³-hybridized carbons (Fsp3) is 0.222. The van der Waals surface area contributed by atoms with Crippen LogP contribution in [-0.4, -0.2) is 21.9 Å². The fourth-order valence-electron chi connectivity index (χ4n) is 1.36. The number of aliphatic hydroxyl groups is 1. The van der Waals surface area contributed by atoms with Gasteiger partial charge in [0.1, 0.15) is 5.75 Å². The van der Waals surface area contributed by atoms with Crippen molar-refractivity contribution in [3.05, 3.63) is 17.7 Å². The summed E-state index contributed by atoms with van der Waals surface area (Å²) in [5, 5.41) is 21.0. The Kier molecular flexibility index (Phi) is 2.35. The molecular weight excluding hydrogens is 202 g/mol. The number of fused-ring (bicyclic) bond motifs is 1. The van der Waals surface area contributed by atoms with Crippen LogP contribution in [0.5, 0.6) is 5.75 Å². The Morgan fingerprint density at radius 3 is 3.00 bits per heavy atom. The molecule has 1 aromatic rings. The highest BCUT2D eigenvalue weighted by Crippen LogP contribution is 2.37. The van der Waals surface area contributed by atoms with E-state index in [1.54, 1.807) is 6.07 Å². The summed E-state index contributed by atoms with van der Waals surface area (Å²) in [6.07, 6.45) is 0. The van der Waals surface area contributed by atoms with Crippen molar-refractivity contribution in [1.82, 2.24) is 0 Å². The van der Waals surface area contributed by atoms with Gasteiger partial charge < -0.3 is 15.5 Å². The predicted octanol–water partition coefficient (Wildman–Crippen LogP) is 0.929. The number of phenolic OH excluding ortho intramolecular Hbond substituents is 1. The lowest BCUT2D eigenvalue weighted by Crippen LogP contribution is -2.19. The van der Waals surface area contributed by atoms with Crippen LogP contribution in [-0.2, 0) is 11.4 Å². The third-order valence-electron chi connectivity index (χ3n) is 1.96. The molecule has 3 N–H and O–H groups in total. The molecule has 0 aliphatic carbocycles. The lowest BCUT2D eigenvalue weighted by atomic mass is 10.1. The highest BCUT2D eigenvalue weighted by atomic mass is 32.2. The fourth-order valence-corrected chi connectivity index (χ4v) is 2.25. The van der Waals surface area contributed by atoms with Gasteiger partial charge in [-0.3, -0.25) is 4.79 Å². The van der Waals surface area contributed by atoms with Gasteiger partial charge in [-0.1, -0.05) is 0 Å². The number of aliphatic hydroxyl groups excluding tert-OH is 1. The first-order valence-corrected chi connectivity index (χ1v) is 5.08. The average molecular weight is 211 g/mol. The Morgan fingerprint density at radius 1 is 1.50 bits per heavy atom. The van der Waals surface area contributed by atoms with Gasteiger partial charge in [0.2, 0.25) is 5.91 Å². The van der Waals surface area contributed by atoms with Crippen molar-refractivity contribution in [3.8, 4) is 5.75 Å². The smallest absolute Gasteiger partial charge is 0.234 e. The normalized spacial score (nSPS) is 14.8. The van der Waals surface area contributed by atoms with Gasteiger partial charge in [0.05, 0.1) is 18.0 Å². The van der Waals surface area contributed by atoms with E-state index in [0.717, 1.165) is 4.90 Å². The summed E-state index contributed by atoms with van der Waals surface area (Å²) in [7, 11) is 0. The van der Waals surface area contributed by atoms with E-state index < -0.39 is 0 Å². The van der Waals surface area contributed by atoms with Crippen LogP contribution >= 0.6 is 11.8 Å². The molecule has 1 aliphatic heterocycles. The minimum Gasteiger partial charge on any atom is -0.508 e. The topological polar surface area (TPSA) is 69.6 Å². The van der Waals surface area contributed by atoms with Crippen LogP contribution in [0.3, 0.4) is 0 Å². The van der Waals surface area contributed by atoms with Gasteiger partial charge in [-0.05, 0) is 12.1 Å². The highest BCUT2D eigenvalue weighted by molar-refractivity contribution is 8.00. The summed E-state index contributed by atoms with van der Waals surface area (Å²) in [5.41, 5.74) is 1.16. The van der Waals surface area contributed by atoms with E-state index in [4.69, 9.17) is 5.11 Å². The Bertz CT molecular complexity index is 375. The van der Waals surface area contributed by atoms with Gasteiger partial charge in [-0.15, -0.1) is 11.8 Å². The molecule has 0 aromatic heterocycles. The summed E-state index contributed by atoms with van der Waals surface area (Å²) >= 11 is 1.36. The van der Waals surface area contributed by atoms with Crippen LogP contribution in [0.4, 0.5) is 5.69 Å². The van der Waals surface area contributed by atoms with Gasteiger partial charge >= 0.3 is 0 Å². The van der Waals surface area contributed by atoms with Crippen LogP contribution in [0.25, 0.3) is 0 Å². The number of rotatable bonds is 1. The van der Waals surface area contributed by atoms with Crippen molar-refractivity contribution in [1.29, 1.82) is 0 Å². The molecule has 0 fully saturated rings. The number of amides is 1. The van der Waals surface area contributed by atoms with E-state index in [9.17, 15) is 9.90 Å². The second kappa shape index (κ2) is 3.51. The molecule has 1 aliphatic rings. The molecule has 0 unspecified atom stereocenters. The molecule has 2 rings (SSSR count). The third-order valence-corrected chi connectivity index (χ3v) is 3.00. The van der Waals surface area contributed by atoms with E-state index in [2.05, 4.69) is 5.32 Å². The van der Waals surface area contributed by atoms with Gasteiger partial charge in [-0.25, -0.2) is 0 Å². The lowest BCUT2D eigenvalue weighted by Gasteiger charge is -2.19. The number of anilines is 1. The molecule has 1 amide bonds. The summed E-state index contributed by atoms with van der Waals surface area (Å²) < 4.78 is 0. The average Bonchev–Trinajstić information content (AvgIpc) is 2.17. The molecule has 0 saturated carbocycles. The zero-order valence-electron chi connectivity index (χ0n) is 7.28. The number of thioether (sulfide) groups is 1. The highest BCUT2D eigenvalue weighted by Gasteiger charge is 2.19. The maximum absolute atomic E-state index is 11.1. The van der Waals surface area contributed by atoms with Crippen molar-refractivity contribution < 1.29 is 15.0 Å². The minimum atomic E-state index is -0.197. The van der Waals surface area contributed by atoms with Crippen molar-refractivity contribution in [3.63, 3.8) is 0 Å². The van der Waals surface area contributed by atoms with Gasteiger partial charge in [0, 0.05) is 10.5 Å². The minimum absolute atomic E-state index is 0.0807. The lowest BCUT2D eigenvalue weighted by molar-refractivity contribution is -0.113. The summed E-state index contributed by atoms with van der Waals surface area (Å²) in [5.74, 6) is 0.376. The molecule has 0 spiro atoms. The summed E-state index contributed by atoms with van der Waals surface area (Å²) in [6, 6.07) is 3.03. The quantitative estimate of drug-likeness (QED) is 0.604. The number of nitrogens with one attached hydrogen (secondary N) is 1. The van der Waals surface area contributed by atoms with Gasteiger partial charge in [0.15, 0.2) is 0 Å². The van der Waals surface area contributed by atoms with Crippen molar-refractivity contribution >= 4 is 23.4 Å². The first-order valence-electron chi connectivity index (χ1n) is 4.10. The molecule has 1 heterocycles. The maximum atomic E-state index is 11.1. The Balaban J connectivity index is 2.52.